The highest BCUT2D eigenvalue weighted by molar-refractivity contribution is 6.29. The number of ether oxygens (including phenoxy) is 4. The molecule has 0 amide bonds. The molecule has 160 valence electrons. The van der Waals surface area contributed by atoms with Crippen LogP contribution >= 0.6 is 11.6 Å². The van der Waals surface area contributed by atoms with Gasteiger partial charge in [-0.15, -0.1) is 10.2 Å². The number of hydrazone groups is 1. The van der Waals surface area contributed by atoms with Crippen LogP contribution in [0.2, 0.25) is 5.15 Å². The van der Waals surface area contributed by atoms with Crippen molar-refractivity contribution >= 4 is 23.6 Å². The number of halogens is 1. The molecule has 2 fully saturated rings. The van der Waals surface area contributed by atoms with Crippen LogP contribution in [0.4, 0.5) is 5.82 Å². The first-order valence-corrected chi connectivity index (χ1v) is 10.1. The van der Waals surface area contributed by atoms with E-state index in [4.69, 9.17) is 30.5 Å². The van der Waals surface area contributed by atoms with Crippen LogP contribution in [0.3, 0.4) is 0 Å². The molecule has 1 aromatic carbocycles. The van der Waals surface area contributed by atoms with Gasteiger partial charge in [-0.25, -0.2) is 0 Å². The van der Waals surface area contributed by atoms with E-state index in [9.17, 15) is 0 Å². The molecule has 9 heteroatoms. The van der Waals surface area contributed by atoms with Crippen molar-refractivity contribution in [1.29, 1.82) is 0 Å². The van der Waals surface area contributed by atoms with Crippen LogP contribution < -0.4 is 10.2 Å². The molecule has 2 aliphatic heterocycles. The number of hydrogen-bond donors (Lipinski definition) is 1. The summed E-state index contributed by atoms with van der Waals surface area (Å²) >= 11 is 5.75. The molecule has 2 aromatic rings. The van der Waals surface area contributed by atoms with Gasteiger partial charge in [0.25, 0.3) is 0 Å². The van der Waals surface area contributed by atoms with Crippen LogP contribution in [0.15, 0.2) is 29.4 Å². The second kappa shape index (κ2) is 8.11. The molecule has 2 saturated heterocycles. The number of anilines is 1. The molecule has 8 nitrogen and oxygen atoms in total. The van der Waals surface area contributed by atoms with Crippen LogP contribution in [-0.4, -0.2) is 46.8 Å². The number of aromatic nitrogens is 2. The van der Waals surface area contributed by atoms with Gasteiger partial charge in [0, 0.05) is 0 Å². The lowest BCUT2D eigenvalue weighted by Crippen LogP contribution is -2.40. The smallest absolute Gasteiger partial charge is 0.191 e. The molecule has 30 heavy (non-hydrogen) atoms. The van der Waals surface area contributed by atoms with Gasteiger partial charge in [0.15, 0.2) is 35.3 Å². The van der Waals surface area contributed by atoms with Crippen molar-refractivity contribution in [3.8, 4) is 5.75 Å². The highest BCUT2D eigenvalue weighted by Crippen LogP contribution is 2.39. The van der Waals surface area contributed by atoms with Gasteiger partial charge in [-0.1, -0.05) is 29.3 Å². The van der Waals surface area contributed by atoms with Gasteiger partial charge in [0.2, 0.25) is 0 Å². The number of nitrogens with one attached hydrogen (secondary N) is 1. The number of aryl methyl sites for hydroxylation is 3. The Bertz CT molecular complexity index is 928. The van der Waals surface area contributed by atoms with E-state index in [-0.39, 0.29) is 6.10 Å². The van der Waals surface area contributed by atoms with E-state index in [0.29, 0.717) is 11.0 Å². The first-order valence-electron chi connectivity index (χ1n) is 9.76. The van der Waals surface area contributed by atoms with E-state index >= 15 is 0 Å². The second-order valence-corrected chi connectivity index (χ2v) is 8.40. The summed E-state index contributed by atoms with van der Waals surface area (Å²) < 4.78 is 24.4. The summed E-state index contributed by atoms with van der Waals surface area (Å²) in [6.07, 6.45) is -0.213. The van der Waals surface area contributed by atoms with E-state index < -0.39 is 24.3 Å². The topological polar surface area (TPSA) is 87.1 Å². The average Bonchev–Trinajstić information content (AvgIpc) is 3.11. The van der Waals surface area contributed by atoms with Crippen LogP contribution in [0.25, 0.3) is 0 Å². The Morgan fingerprint density at radius 1 is 1.13 bits per heavy atom. The van der Waals surface area contributed by atoms with E-state index in [0.717, 1.165) is 16.9 Å². The van der Waals surface area contributed by atoms with Gasteiger partial charge in [-0.05, 0) is 57.9 Å². The monoisotopic (exact) mass is 432 g/mol. The summed E-state index contributed by atoms with van der Waals surface area (Å²) in [5.74, 6) is 0.538. The zero-order chi connectivity index (χ0) is 21.5. The fraction of sp³-hybridized carbons (Fsp3) is 0.476. The third kappa shape index (κ3) is 4.41. The number of nitrogens with zero attached hydrogens (tertiary/aromatic N) is 3. The molecule has 0 spiro atoms. The lowest BCUT2D eigenvalue weighted by Gasteiger charge is -2.26. The molecular weight excluding hydrogens is 408 g/mol. The van der Waals surface area contributed by atoms with E-state index in [2.05, 4.69) is 39.8 Å². The van der Waals surface area contributed by atoms with Crippen LogP contribution in [-0.2, 0) is 14.2 Å². The predicted molar refractivity (Wildman–Crippen MR) is 113 cm³/mol. The minimum atomic E-state index is -0.742. The minimum Gasteiger partial charge on any atom is -0.484 e. The molecule has 1 N–H and O–H groups in total. The maximum absolute atomic E-state index is 6.44. The van der Waals surface area contributed by atoms with Crippen molar-refractivity contribution in [1.82, 2.24) is 10.2 Å². The quantitative estimate of drug-likeness (QED) is 0.568. The minimum absolute atomic E-state index is 0.311. The van der Waals surface area contributed by atoms with E-state index in [1.807, 2.05) is 27.7 Å². The van der Waals surface area contributed by atoms with Crippen LogP contribution in [0.1, 0.15) is 30.5 Å². The highest BCUT2D eigenvalue weighted by atomic mass is 35.5. The Labute approximate surface area is 180 Å². The summed E-state index contributed by atoms with van der Waals surface area (Å²) in [7, 11) is 0. The first kappa shape index (κ1) is 21.0. The van der Waals surface area contributed by atoms with Crippen molar-refractivity contribution in [2.45, 2.75) is 65.0 Å². The van der Waals surface area contributed by atoms with Crippen molar-refractivity contribution < 1.29 is 18.9 Å². The molecule has 0 aliphatic carbocycles. The highest BCUT2D eigenvalue weighted by Gasteiger charge is 2.56. The first-order chi connectivity index (χ1) is 14.2. The van der Waals surface area contributed by atoms with Crippen LogP contribution in [0.5, 0.6) is 5.75 Å². The zero-order valence-corrected chi connectivity index (χ0v) is 18.3. The van der Waals surface area contributed by atoms with Gasteiger partial charge >= 0.3 is 0 Å². The Morgan fingerprint density at radius 3 is 2.53 bits per heavy atom. The lowest BCUT2D eigenvalue weighted by atomic mass is 10.1. The normalized spacial score (nSPS) is 27.4. The summed E-state index contributed by atoms with van der Waals surface area (Å²) in [6.45, 7) is 9.84. The van der Waals surface area contributed by atoms with Gasteiger partial charge in [0.1, 0.15) is 11.9 Å². The average molecular weight is 433 g/mol. The fourth-order valence-electron chi connectivity index (χ4n) is 3.80. The van der Waals surface area contributed by atoms with Crippen LogP contribution in [0, 0.1) is 20.8 Å². The van der Waals surface area contributed by atoms with Crippen molar-refractivity contribution in [2.24, 2.45) is 5.10 Å². The lowest BCUT2D eigenvalue weighted by molar-refractivity contribution is -0.205. The maximum Gasteiger partial charge on any atom is 0.191 e. The van der Waals surface area contributed by atoms with E-state index in [1.165, 1.54) is 5.56 Å². The summed E-state index contributed by atoms with van der Waals surface area (Å²) in [5, 5.41) is 12.2. The number of hydrogen-bond acceptors (Lipinski definition) is 8. The van der Waals surface area contributed by atoms with Gasteiger partial charge in [-0.3, -0.25) is 5.43 Å². The SMILES string of the molecule is Cc1cc(C)c(O[C@@H]2[C@H]3OC(C)(C)O[C@H]3O[C@@H]2/C=N/Nc2ccc(Cl)nn2)c(C)c1. The van der Waals surface area contributed by atoms with E-state index in [1.54, 1.807) is 18.3 Å². The molecule has 0 saturated carbocycles. The third-order valence-corrected chi connectivity index (χ3v) is 5.12. The standard InChI is InChI=1S/C21H25ClN4O4/c1-11-8-12(2)17(13(3)9-11)28-18-14(27-20-19(18)29-21(4,5)30-20)10-23-25-16-7-6-15(22)24-26-16/h6-10,14,18-20H,1-5H3,(H,25,26)/b23-10+/t14-,18+,19-,20-/m1/s1. The fourth-order valence-corrected chi connectivity index (χ4v) is 3.90. The van der Waals surface area contributed by atoms with Gasteiger partial charge in [-0.2, -0.15) is 5.10 Å². The predicted octanol–water partition coefficient (Wildman–Crippen LogP) is 3.78. The van der Waals surface area contributed by atoms with Crippen molar-refractivity contribution in [3.63, 3.8) is 0 Å². The molecule has 2 aliphatic rings. The molecule has 0 unspecified atom stereocenters. The second-order valence-electron chi connectivity index (χ2n) is 8.01. The third-order valence-electron chi connectivity index (χ3n) is 4.92. The number of benzene rings is 1. The maximum atomic E-state index is 6.44. The van der Waals surface area contributed by atoms with Gasteiger partial charge < -0.3 is 18.9 Å². The summed E-state index contributed by atoms with van der Waals surface area (Å²) in [6, 6.07) is 7.49. The zero-order valence-electron chi connectivity index (χ0n) is 17.5. The van der Waals surface area contributed by atoms with Crippen molar-refractivity contribution in [3.05, 3.63) is 46.1 Å². The largest absolute Gasteiger partial charge is 0.484 e. The molecule has 1 aromatic heterocycles. The summed E-state index contributed by atoms with van der Waals surface area (Å²) in [4.78, 5) is 0. The number of fused-ring (bicyclic) bond motifs is 1. The molecule has 0 radical (unpaired) electrons. The number of rotatable bonds is 5. The van der Waals surface area contributed by atoms with Crippen molar-refractivity contribution in [2.75, 3.05) is 5.43 Å². The molecular formula is C21H25ClN4O4. The summed E-state index contributed by atoms with van der Waals surface area (Å²) in [5.41, 5.74) is 6.11. The Hall–Kier alpha value is -2.26. The molecule has 0 bridgehead atoms. The Kier molecular flexibility index (Phi) is 5.67. The Balaban J connectivity index is 1.55. The molecule has 4 atom stereocenters. The molecule has 4 rings (SSSR count). The Morgan fingerprint density at radius 2 is 1.87 bits per heavy atom. The van der Waals surface area contributed by atoms with Gasteiger partial charge in [0.05, 0.1) is 6.21 Å². The molecule has 3 heterocycles.